The molecule has 142 valence electrons. The average molecular weight is 372 g/mol. The Morgan fingerprint density at radius 3 is 2.82 bits per heavy atom. The molecule has 0 N–H and O–H groups in total. The monoisotopic (exact) mass is 372 g/mol. The van der Waals surface area contributed by atoms with Gasteiger partial charge in [0.2, 0.25) is 5.91 Å². The quantitative estimate of drug-likeness (QED) is 0.758. The van der Waals surface area contributed by atoms with Crippen LogP contribution in [0.3, 0.4) is 0 Å². The van der Waals surface area contributed by atoms with Crippen molar-refractivity contribution >= 4 is 11.6 Å². The molecule has 5 rings (SSSR count). The Hall–Kier alpha value is -2.77. The number of hydrogen-bond donors (Lipinski definition) is 0. The van der Waals surface area contributed by atoms with Crippen LogP contribution in [0.2, 0.25) is 0 Å². The number of amides is 1. The molecular formula is C24H24N2O2. The van der Waals surface area contributed by atoms with Crippen molar-refractivity contribution in [2.45, 2.75) is 30.8 Å². The van der Waals surface area contributed by atoms with E-state index in [4.69, 9.17) is 4.74 Å². The third-order valence-electron chi connectivity index (χ3n) is 6.57. The molecule has 0 saturated carbocycles. The first-order chi connectivity index (χ1) is 13.7. The summed E-state index contributed by atoms with van der Waals surface area (Å²) >= 11 is 0. The zero-order valence-corrected chi connectivity index (χ0v) is 16.1. The maximum Gasteiger partial charge on any atom is 0.247 e. The molecule has 0 bridgehead atoms. The van der Waals surface area contributed by atoms with Crippen LogP contribution in [0.15, 0.2) is 54.6 Å². The molecule has 4 heteroatoms. The van der Waals surface area contributed by atoms with Crippen LogP contribution in [-0.4, -0.2) is 42.6 Å². The van der Waals surface area contributed by atoms with Crippen molar-refractivity contribution in [2.24, 2.45) is 5.92 Å². The summed E-state index contributed by atoms with van der Waals surface area (Å²) in [7, 11) is 1.66. The molecule has 1 spiro atoms. The molecule has 4 nitrogen and oxygen atoms in total. The summed E-state index contributed by atoms with van der Waals surface area (Å²) < 4.78 is 5.35. The van der Waals surface area contributed by atoms with E-state index in [-0.39, 0.29) is 17.5 Å². The number of rotatable bonds is 2. The summed E-state index contributed by atoms with van der Waals surface area (Å²) in [6.45, 7) is 1.73. The largest absolute Gasteiger partial charge is 0.497 e. The summed E-state index contributed by atoms with van der Waals surface area (Å²) in [5.74, 6) is 8.16. The van der Waals surface area contributed by atoms with Crippen LogP contribution >= 0.6 is 0 Å². The summed E-state index contributed by atoms with van der Waals surface area (Å²) in [4.78, 5) is 18.0. The second kappa shape index (κ2) is 6.68. The van der Waals surface area contributed by atoms with Crippen molar-refractivity contribution in [3.8, 4) is 17.6 Å². The molecular weight excluding hydrogens is 348 g/mol. The molecule has 28 heavy (non-hydrogen) atoms. The van der Waals surface area contributed by atoms with Crippen LogP contribution in [0.5, 0.6) is 5.75 Å². The van der Waals surface area contributed by atoms with Gasteiger partial charge in [0.05, 0.1) is 13.2 Å². The number of nitrogens with zero attached hydrogens (tertiary/aromatic N) is 2. The van der Waals surface area contributed by atoms with E-state index in [1.54, 1.807) is 7.11 Å². The number of hydrogen-bond acceptors (Lipinski definition) is 3. The average Bonchev–Trinajstić information content (AvgIpc) is 3.37. The topological polar surface area (TPSA) is 32.8 Å². The van der Waals surface area contributed by atoms with Gasteiger partial charge in [0.25, 0.3) is 0 Å². The normalized spacial score (nSPS) is 28.6. The summed E-state index contributed by atoms with van der Waals surface area (Å²) in [5.41, 5.74) is 1.61. The van der Waals surface area contributed by atoms with Gasteiger partial charge in [-0.25, -0.2) is 0 Å². The summed E-state index contributed by atoms with van der Waals surface area (Å²) in [6, 6.07) is 18.1. The van der Waals surface area contributed by atoms with E-state index >= 15 is 0 Å². The van der Waals surface area contributed by atoms with Crippen molar-refractivity contribution in [3.63, 3.8) is 0 Å². The lowest BCUT2D eigenvalue weighted by Crippen LogP contribution is -2.51. The van der Waals surface area contributed by atoms with Crippen molar-refractivity contribution in [2.75, 3.05) is 25.1 Å². The van der Waals surface area contributed by atoms with E-state index in [9.17, 15) is 4.79 Å². The van der Waals surface area contributed by atoms with E-state index < -0.39 is 0 Å². The molecule has 2 aromatic carbocycles. The molecule has 3 atom stereocenters. The highest BCUT2D eigenvalue weighted by Crippen LogP contribution is 2.52. The molecule has 0 aliphatic carbocycles. The van der Waals surface area contributed by atoms with Gasteiger partial charge in [0, 0.05) is 36.3 Å². The molecule has 3 fully saturated rings. The van der Waals surface area contributed by atoms with Crippen molar-refractivity contribution in [3.05, 3.63) is 60.2 Å². The molecule has 0 radical (unpaired) electrons. The van der Waals surface area contributed by atoms with Gasteiger partial charge in [-0.15, -0.1) is 0 Å². The van der Waals surface area contributed by atoms with Crippen molar-refractivity contribution in [1.82, 2.24) is 4.90 Å². The molecule has 3 saturated heterocycles. The lowest BCUT2D eigenvalue weighted by Gasteiger charge is -2.31. The lowest BCUT2D eigenvalue weighted by molar-refractivity contribution is -0.126. The third kappa shape index (κ3) is 2.54. The van der Waals surface area contributed by atoms with Crippen LogP contribution in [0.25, 0.3) is 0 Å². The Kier molecular flexibility index (Phi) is 4.14. The fourth-order valence-electron chi connectivity index (χ4n) is 5.32. The predicted octanol–water partition coefficient (Wildman–Crippen LogP) is 3.32. The molecule has 3 heterocycles. The molecule has 1 amide bonds. The highest BCUT2D eigenvalue weighted by Gasteiger charge is 2.65. The van der Waals surface area contributed by atoms with E-state index in [1.807, 2.05) is 59.5 Å². The fraction of sp³-hybridized carbons (Fsp3) is 0.375. The minimum Gasteiger partial charge on any atom is -0.497 e. The van der Waals surface area contributed by atoms with Gasteiger partial charge in [-0.05, 0) is 43.5 Å². The van der Waals surface area contributed by atoms with Crippen LogP contribution in [-0.2, 0) is 4.79 Å². The zero-order chi connectivity index (χ0) is 19.1. The smallest absolute Gasteiger partial charge is 0.247 e. The van der Waals surface area contributed by atoms with Gasteiger partial charge in [-0.3, -0.25) is 9.69 Å². The minimum atomic E-state index is -0.362. The van der Waals surface area contributed by atoms with Gasteiger partial charge in [0.15, 0.2) is 0 Å². The number of anilines is 1. The van der Waals surface area contributed by atoms with E-state index in [2.05, 4.69) is 16.7 Å². The summed E-state index contributed by atoms with van der Waals surface area (Å²) in [5, 5.41) is 0. The molecule has 3 aliphatic rings. The van der Waals surface area contributed by atoms with E-state index in [0.717, 1.165) is 49.4 Å². The van der Waals surface area contributed by atoms with Gasteiger partial charge in [-0.2, -0.15) is 0 Å². The maximum absolute atomic E-state index is 13.6. The number of carbonyl (C=O) groups excluding carboxylic acids is 1. The van der Waals surface area contributed by atoms with Crippen LogP contribution in [0.4, 0.5) is 5.69 Å². The van der Waals surface area contributed by atoms with Crippen molar-refractivity contribution in [1.29, 1.82) is 0 Å². The van der Waals surface area contributed by atoms with Gasteiger partial charge in [0.1, 0.15) is 11.3 Å². The zero-order valence-electron chi connectivity index (χ0n) is 16.1. The number of methoxy groups -OCH3 is 1. The predicted molar refractivity (Wildman–Crippen MR) is 109 cm³/mol. The second-order valence-corrected chi connectivity index (χ2v) is 7.92. The van der Waals surface area contributed by atoms with Crippen molar-refractivity contribution < 1.29 is 9.53 Å². The molecule has 2 aromatic rings. The minimum absolute atomic E-state index is 0.170. The van der Waals surface area contributed by atoms with Crippen LogP contribution < -0.4 is 9.64 Å². The first kappa shape index (κ1) is 17.3. The highest BCUT2D eigenvalue weighted by atomic mass is 16.5. The molecule has 0 aromatic heterocycles. The first-order valence-electron chi connectivity index (χ1n) is 10.0. The maximum atomic E-state index is 13.6. The standard InChI is InChI=1S/C24H24N2O2/c1-28-22-10-5-9-20(16-22)25-17-19-15-21(12-11-18-7-3-2-4-8-18)26-14-6-13-24(19,26)23(25)27/h2-5,7-10,16,19,21H,6,13-15,17H2,1H3/t19-,21+,24-/m0/s1. The van der Waals surface area contributed by atoms with Gasteiger partial charge in [-0.1, -0.05) is 36.1 Å². The third-order valence-corrected chi connectivity index (χ3v) is 6.57. The highest BCUT2D eigenvalue weighted by molar-refractivity contribution is 6.04. The Labute approximate surface area is 166 Å². The Morgan fingerprint density at radius 1 is 1.14 bits per heavy atom. The van der Waals surface area contributed by atoms with E-state index in [0.29, 0.717) is 5.92 Å². The van der Waals surface area contributed by atoms with Crippen LogP contribution in [0.1, 0.15) is 24.8 Å². The van der Waals surface area contributed by atoms with E-state index in [1.165, 1.54) is 0 Å². The Balaban J connectivity index is 1.43. The van der Waals surface area contributed by atoms with Gasteiger partial charge >= 0.3 is 0 Å². The van der Waals surface area contributed by atoms with Crippen LogP contribution in [0, 0.1) is 17.8 Å². The Morgan fingerprint density at radius 2 is 2.00 bits per heavy atom. The second-order valence-electron chi connectivity index (χ2n) is 7.92. The fourth-order valence-corrected chi connectivity index (χ4v) is 5.32. The molecule has 3 aliphatic heterocycles. The Bertz CT molecular complexity index is 961. The number of ether oxygens (including phenoxy) is 1. The summed E-state index contributed by atoms with van der Waals surface area (Å²) in [6.07, 6.45) is 2.98. The lowest BCUT2D eigenvalue weighted by atomic mass is 9.86. The van der Waals surface area contributed by atoms with Gasteiger partial charge < -0.3 is 9.64 Å². The number of carbonyl (C=O) groups is 1. The number of benzene rings is 2. The molecule has 0 unspecified atom stereocenters. The SMILES string of the molecule is COc1cccc(N2C[C@@H]3C[C@@H](C#Cc4ccccc4)N4CCC[C@@]34C2=O)c1. The first-order valence-corrected chi connectivity index (χ1v) is 10.0.